The first-order valence-corrected chi connectivity index (χ1v) is 10.6. The molecule has 0 bridgehead atoms. The molecule has 0 unspecified atom stereocenters. The van der Waals surface area contributed by atoms with Crippen LogP contribution in [0.3, 0.4) is 0 Å². The number of amides is 1. The first kappa shape index (κ1) is 20.6. The summed E-state index contributed by atoms with van der Waals surface area (Å²) >= 11 is 0. The molecule has 0 aliphatic carbocycles. The molecule has 2 heterocycles. The molecule has 0 saturated heterocycles. The molecule has 0 atom stereocenters. The lowest BCUT2D eigenvalue weighted by Gasteiger charge is -2.04. The molecule has 0 aliphatic rings. The second kappa shape index (κ2) is 9.04. The molecule has 0 saturated carbocycles. The van der Waals surface area contributed by atoms with Gasteiger partial charge in [-0.1, -0.05) is 18.2 Å². The van der Waals surface area contributed by atoms with Crippen molar-refractivity contribution in [2.45, 2.75) is 19.3 Å². The van der Waals surface area contributed by atoms with E-state index in [2.05, 4.69) is 25.5 Å². The number of imidazole rings is 1. The number of nitrogens with zero attached hydrogens (tertiary/aromatic N) is 3. The van der Waals surface area contributed by atoms with Crippen LogP contribution in [0, 0.1) is 5.82 Å². The highest BCUT2D eigenvalue weighted by molar-refractivity contribution is 5.93. The zero-order chi connectivity index (χ0) is 22.6. The lowest BCUT2D eigenvalue weighted by atomic mass is 10.2. The van der Waals surface area contributed by atoms with E-state index in [0.29, 0.717) is 42.6 Å². The molecule has 164 valence electrons. The minimum absolute atomic E-state index is 0.101. The molecule has 3 aromatic carbocycles. The van der Waals surface area contributed by atoms with Crippen LogP contribution in [-0.4, -0.2) is 26.1 Å². The van der Waals surface area contributed by atoms with Gasteiger partial charge in [-0.3, -0.25) is 4.79 Å². The van der Waals surface area contributed by atoms with E-state index in [1.165, 1.54) is 12.1 Å². The van der Waals surface area contributed by atoms with E-state index in [1.807, 2.05) is 42.5 Å². The Hall–Kier alpha value is -4.33. The van der Waals surface area contributed by atoms with Crippen molar-refractivity contribution in [1.29, 1.82) is 0 Å². The maximum atomic E-state index is 13.2. The Morgan fingerprint density at radius 2 is 1.79 bits per heavy atom. The Morgan fingerprint density at radius 1 is 0.970 bits per heavy atom. The van der Waals surface area contributed by atoms with Gasteiger partial charge < -0.3 is 14.7 Å². The largest absolute Gasteiger partial charge is 0.421 e. The first-order chi connectivity index (χ1) is 16.1. The van der Waals surface area contributed by atoms with E-state index in [0.717, 1.165) is 22.2 Å². The van der Waals surface area contributed by atoms with Gasteiger partial charge in [0.1, 0.15) is 11.6 Å². The number of H-pyrrole nitrogens is 1. The van der Waals surface area contributed by atoms with Crippen LogP contribution in [-0.2, 0) is 11.2 Å². The van der Waals surface area contributed by atoms with E-state index in [1.54, 1.807) is 18.2 Å². The second-order valence-electron chi connectivity index (χ2n) is 7.59. The van der Waals surface area contributed by atoms with Crippen LogP contribution in [0.25, 0.3) is 33.9 Å². The van der Waals surface area contributed by atoms with Crippen molar-refractivity contribution in [3.63, 3.8) is 0 Å². The van der Waals surface area contributed by atoms with Crippen LogP contribution in [0.1, 0.15) is 18.7 Å². The summed E-state index contributed by atoms with van der Waals surface area (Å²) in [4.78, 5) is 20.1. The summed E-state index contributed by atoms with van der Waals surface area (Å²) < 4.78 is 18.8. The minimum Gasteiger partial charge on any atom is -0.421 e. The number of aromatic amines is 1. The Labute approximate surface area is 188 Å². The van der Waals surface area contributed by atoms with Crippen molar-refractivity contribution in [1.82, 2.24) is 20.2 Å². The molecule has 5 aromatic rings. The number of carbonyl (C=O) groups excluding carboxylic acids is 1. The molecule has 7 nitrogen and oxygen atoms in total. The predicted octanol–water partition coefficient (Wildman–Crippen LogP) is 5.38. The molecular weight excluding hydrogens is 421 g/mol. The number of hydrogen-bond donors (Lipinski definition) is 2. The molecule has 0 spiro atoms. The average molecular weight is 441 g/mol. The van der Waals surface area contributed by atoms with E-state index in [4.69, 9.17) is 4.42 Å². The van der Waals surface area contributed by atoms with Crippen LogP contribution in [0.5, 0.6) is 0 Å². The molecule has 0 fully saturated rings. The maximum absolute atomic E-state index is 13.2. The Morgan fingerprint density at radius 3 is 2.61 bits per heavy atom. The summed E-state index contributed by atoms with van der Waals surface area (Å²) in [5.41, 5.74) is 3.87. The van der Waals surface area contributed by atoms with Crippen LogP contribution in [0.15, 0.2) is 77.2 Å². The third-order valence-electron chi connectivity index (χ3n) is 5.17. The van der Waals surface area contributed by atoms with Crippen LogP contribution in [0.2, 0.25) is 0 Å². The third-order valence-corrected chi connectivity index (χ3v) is 5.17. The zero-order valence-electron chi connectivity index (χ0n) is 17.6. The van der Waals surface area contributed by atoms with Gasteiger partial charge in [0.2, 0.25) is 17.7 Å². The number of carbonyl (C=O) groups is 1. The average Bonchev–Trinajstić information content (AvgIpc) is 3.47. The molecule has 2 aromatic heterocycles. The van der Waals surface area contributed by atoms with Crippen molar-refractivity contribution < 1.29 is 13.6 Å². The molecular formula is C25H20FN5O2. The van der Waals surface area contributed by atoms with Crippen LogP contribution >= 0.6 is 0 Å². The fourth-order valence-corrected chi connectivity index (χ4v) is 3.51. The lowest BCUT2D eigenvalue weighted by molar-refractivity contribution is -0.116. The maximum Gasteiger partial charge on any atom is 0.247 e. The number of halogens is 1. The third kappa shape index (κ3) is 4.79. The predicted molar refractivity (Wildman–Crippen MR) is 123 cm³/mol. The molecule has 5 rings (SSSR count). The standard InChI is InChI=1S/C25H20FN5O2/c26-18-11-9-16(10-12-18)24-28-20-14-13-19(15-21(20)29-24)27-22(32)7-4-8-23-30-31-25(33-23)17-5-2-1-3-6-17/h1-3,5-6,9-15H,4,7-8H2,(H,27,32)(H,28,29). The van der Waals surface area contributed by atoms with Gasteiger partial charge in [0.25, 0.3) is 0 Å². The molecule has 8 heteroatoms. The van der Waals surface area contributed by atoms with Gasteiger partial charge in [0.05, 0.1) is 11.0 Å². The fraction of sp³-hybridized carbons (Fsp3) is 0.120. The van der Waals surface area contributed by atoms with Gasteiger partial charge in [0, 0.05) is 29.7 Å². The number of nitrogens with one attached hydrogen (secondary N) is 2. The number of anilines is 1. The van der Waals surface area contributed by atoms with Crippen molar-refractivity contribution in [2.24, 2.45) is 0 Å². The van der Waals surface area contributed by atoms with E-state index >= 15 is 0 Å². The van der Waals surface area contributed by atoms with Gasteiger partial charge in [0.15, 0.2) is 0 Å². The number of hydrogen-bond acceptors (Lipinski definition) is 5. The topological polar surface area (TPSA) is 96.7 Å². The van der Waals surface area contributed by atoms with Crippen LogP contribution in [0.4, 0.5) is 10.1 Å². The van der Waals surface area contributed by atoms with E-state index < -0.39 is 0 Å². The van der Waals surface area contributed by atoms with Crippen molar-refractivity contribution in [3.8, 4) is 22.8 Å². The Kier molecular flexibility index (Phi) is 5.63. The normalized spacial score (nSPS) is 11.1. The number of aromatic nitrogens is 4. The molecule has 1 amide bonds. The van der Waals surface area contributed by atoms with Gasteiger partial charge in [-0.25, -0.2) is 9.37 Å². The number of benzene rings is 3. The van der Waals surface area contributed by atoms with Gasteiger partial charge in [-0.2, -0.15) is 0 Å². The quantitative estimate of drug-likeness (QED) is 0.353. The summed E-state index contributed by atoms with van der Waals surface area (Å²) in [7, 11) is 0. The Balaban J connectivity index is 1.17. The number of aryl methyl sites for hydroxylation is 1. The zero-order valence-corrected chi connectivity index (χ0v) is 17.6. The van der Waals surface area contributed by atoms with Crippen LogP contribution < -0.4 is 5.32 Å². The summed E-state index contributed by atoms with van der Waals surface area (Å²) in [6.07, 6.45) is 1.43. The summed E-state index contributed by atoms with van der Waals surface area (Å²) in [6, 6.07) is 21.2. The van der Waals surface area contributed by atoms with E-state index in [9.17, 15) is 9.18 Å². The Bertz CT molecular complexity index is 1390. The summed E-state index contributed by atoms with van der Waals surface area (Å²) in [5.74, 6) is 1.23. The highest BCUT2D eigenvalue weighted by Crippen LogP contribution is 2.23. The molecule has 0 aliphatic heterocycles. The molecule has 33 heavy (non-hydrogen) atoms. The number of rotatable bonds is 7. The minimum atomic E-state index is -0.296. The first-order valence-electron chi connectivity index (χ1n) is 10.6. The van der Waals surface area contributed by atoms with Gasteiger partial charge in [-0.05, 0) is 61.0 Å². The summed E-state index contributed by atoms with van der Waals surface area (Å²) in [6.45, 7) is 0. The van der Waals surface area contributed by atoms with E-state index in [-0.39, 0.29) is 11.7 Å². The van der Waals surface area contributed by atoms with Gasteiger partial charge in [-0.15, -0.1) is 10.2 Å². The lowest BCUT2D eigenvalue weighted by Crippen LogP contribution is -2.11. The molecule has 0 radical (unpaired) electrons. The number of fused-ring (bicyclic) bond motifs is 1. The smallest absolute Gasteiger partial charge is 0.247 e. The van der Waals surface area contributed by atoms with Gasteiger partial charge >= 0.3 is 0 Å². The second-order valence-corrected chi connectivity index (χ2v) is 7.59. The molecule has 2 N–H and O–H groups in total. The van der Waals surface area contributed by atoms with Crippen molar-refractivity contribution in [3.05, 3.63) is 84.5 Å². The van der Waals surface area contributed by atoms with Crippen molar-refractivity contribution >= 4 is 22.6 Å². The highest BCUT2D eigenvalue weighted by atomic mass is 19.1. The SMILES string of the molecule is O=C(CCCc1nnc(-c2ccccc2)o1)Nc1ccc2nc(-c3ccc(F)cc3)[nH]c2c1. The summed E-state index contributed by atoms with van der Waals surface area (Å²) in [5, 5.41) is 11.0. The van der Waals surface area contributed by atoms with Crippen molar-refractivity contribution in [2.75, 3.05) is 5.32 Å². The fourth-order valence-electron chi connectivity index (χ4n) is 3.51. The monoisotopic (exact) mass is 441 g/mol. The highest BCUT2D eigenvalue weighted by Gasteiger charge is 2.11.